The molecular weight excluding hydrogens is 382 g/mol. The summed E-state index contributed by atoms with van der Waals surface area (Å²) in [4.78, 5) is 27.2. The maximum atomic E-state index is 13.0. The summed E-state index contributed by atoms with van der Waals surface area (Å²) in [5.41, 5.74) is 1.55. The minimum atomic E-state index is -0.339. The van der Waals surface area contributed by atoms with Crippen LogP contribution < -0.4 is 4.90 Å². The first-order valence-electron chi connectivity index (χ1n) is 9.12. The number of thioether (sulfide) groups is 1. The van der Waals surface area contributed by atoms with Gasteiger partial charge in [0.1, 0.15) is 11.5 Å². The van der Waals surface area contributed by atoms with Gasteiger partial charge in [-0.05, 0) is 35.3 Å². The van der Waals surface area contributed by atoms with Crippen LogP contribution in [0.5, 0.6) is 0 Å². The van der Waals surface area contributed by atoms with E-state index in [1.54, 1.807) is 18.2 Å². The molecule has 1 aliphatic rings. The zero-order valence-electron chi connectivity index (χ0n) is 15.2. The van der Waals surface area contributed by atoms with Crippen LogP contribution in [0.3, 0.4) is 0 Å². The summed E-state index contributed by atoms with van der Waals surface area (Å²) >= 11 is 0.924. The number of benzene rings is 3. The van der Waals surface area contributed by atoms with Crippen LogP contribution in [0.25, 0.3) is 28.2 Å². The molecule has 29 heavy (non-hydrogen) atoms. The van der Waals surface area contributed by atoms with Crippen molar-refractivity contribution in [3.63, 3.8) is 0 Å². The van der Waals surface area contributed by atoms with Crippen molar-refractivity contribution < 1.29 is 14.0 Å². The quantitative estimate of drug-likeness (QED) is 0.379. The molecule has 1 fully saturated rings. The van der Waals surface area contributed by atoms with Crippen LogP contribution in [0.15, 0.2) is 94.3 Å². The number of imide groups is 1. The van der Waals surface area contributed by atoms with Gasteiger partial charge in [0.25, 0.3) is 11.1 Å². The molecule has 0 bridgehead atoms. The van der Waals surface area contributed by atoms with Crippen molar-refractivity contribution in [2.45, 2.75) is 0 Å². The minimum absolute atomic E-state index is 0.313. The first-order chi connectivity index (χ1) is 14.2. The third-order valence-corrected chi connectivity index (χ3v) is 5.63. The number of anilines is 1. The average Bonchev–Trinajstić information content (AvgIpc) is 3.33. The highest BCUT2D eigenvalue weighted by Crippen LogP contribution is 2.39. The van der Waals surface area contributed by atoms with Crippen LogP contribution in [0, 0.1) is 0 Å². The van der Waals surface area contributed by atoms with E-state index in [9.17, 15) is 9.59 Å². The second-order valence-corrected chi connectivity index (χ2v) is 7.58. The third kappa shape index (κ3) is 3.15. The summed E-state index contributed by atoms with van der Waals surface area (Å²) in [6.45, 7) is 0. The largest absolute Gasteiger partial charge is 0.457 e. The summed E-state index contributed by atoms with van der Waals surface area (Å²) in [7, 11) is 0. The van der Waals surface area contributed by atoms with E-state index in [0.29, 0.717) is 22.1 Å². The summed E-state index contributed by atoms with van der Waals surface area (Å²) in [6.07, 6.45) is 1.63. The molecule has 5 heteroatoms. The Labute approximate surface area is 171 Å². The van der Waals surface area contributed by atoms with E-state index in [2.05, 4.69) is 0 Å². The number of hydrogen-bond acceptors (Lipinski definition) is 4. The van der Waals surface area contributed by atoms with Gasteiger partial charge in [-0.15, -0.1) is 0 Å². The highest BCUT2D eigenvalue weighted by molar-refractivity contribution is 8.19. The maximum absolute atomic E-state index is 13.0. The summed E-state index contributed by atoms with van der Waals surface area (Å²) in [6, 6.07) is 26.7. The van der Waals surface area contributed by atoms with Crippen molar-refractivity contribution in [3.05, 3.63) is 95.6 Å². The summed E-state index contributed by atoms with van der Waals surface area (Å²) in [5, 5.41) is 1.53. The molecule has 0 saturated carbocycles. The van der Waals surface area contributed by atoms with Crippen molar-refractivity contribution in [1.82, 2.24) is 0 Å². The van der Waals surface area contributed by atoms with Gasteiger partial charge < -0.3 is 4.42 Å². The Kier molecular flexibility index (Phi) is 4.30. The lowest BCUT2D eigenvalue weighted by Crippen LogP contribution is -2.27. The van der Waals surface area contributed by atoms with Gasteiger partial charge in [-0.1, -0.05) is 66.7 Å². The zero-order valence-corrected chi connectivity index (χ0v) is 16.1. The molecule has 140 valence electrons. The molecule has 4 aromatic rings. The molecule has 4 nitrogen and oxygen atoms in total. The molecule has 0 unspecified atom stereocenters. The Morgan fingerprint density at radius 3 is 2.41 bits per heavy atom. The number of nitrogens with zero attached hydrogens (tertiary/aromatic N) is 1. The lowest BCUT2D eigenvalue weighted by atomic mass is 10.1. The molecule has 2 amide bonds. The van der Waals surface area contributed by atoms with Gasteiger partial charge in [-0.2, -0.15) is 0 Å². The van der Waals surface area contributed by atoms with Gasteiger partial charge in [-0.25, -0.2) is 4.90 Å². The molecule has 1 aliphatic heterocycles. The number of rotatable bonds is 3. The van der Waals surface area contributed by atoms with Crippen molar-refractivity contribution in [2.75, 3.05) is 4.90 Å². The van der Waals surface area contributed by atoms with Crippen LogP contribution in [0.1, 0.15) is 5.76 Å². The van der Waals surface area contributed by atoms with Gasteiger partial charge in [0.05, 0.1) is 10.6 Å². The lowest BCUT2D eigenvalue weighted by molar-refractivity contribution is -0.113. The van der Waals surface area contributed by atoms with Gasteiger partial charge >= 0.3 is 0 Å². The average molecular weight is 397 g/mol. The van der Waals surface area contributed by atoms with Crippen LogP contribution in [0.2, 0.25) is 0 Å². The second kappa shape index (κ2) is 7.11. The Balaban J connectivity index is 1.49. The summed E-state index contributed by atoms with van der Waals surface area (Å²) in [5.74, 6) is 0.909. The topological polar surface area (TPSA) is 50.5 Å². The van der Waals surface area contributed by atoms with Gasteiger partial charge in [0, 0.05) is 17.0 Å². The first kappa shape index (κ1) is 17.5. The van der Waals surface area contributed by atoms with Crippen LogP contribution in [-0.4, -0.2) is 11.1 Å². The normalized spacial score (nSPS) is 15.6. The molecule has 3 aromatic carbocycles. The smallest absolute Gasteiger partial charge is 0.298 e. The fourth-order valence-corrected chi connectivity index (χ4v) is 4.21. The van der Waals surface area contributed by atoms with Gasteiger partial charge in [-0.3, -0.25) is 9.59 Å². The van der Waals surface area contributed by atoms with E-state index in [4.69, 9.17) is 4.42 Å². The molecule has 0 radical (unpaired) electrons. The molecule has 0 aliphatic carbocycles. The van der Waals surface area contributed by atoms with E-state index in [1.807, 2.05) is 72.8 Å². The van der Waals surface area contributed by atoms with Crippen molar-refractivity contribution in [3.8, 4) is 11.3 Å². The maximum Gasteiger partial charge on any atom is 0.298 e. The number of furan rings is 1. The molecule has 1 saturated heterocycles. The molecule has 0 spiro atoms. The Bertz CT molecular complexity index is 1270. The van der Waals surface area contributed by atoms with Crippen molar-refractivity contribution in [2.24, 2.45) is 0 Å². The predicted octanol–water partition coefficient (Wildman–Crippen LogP) is 6.34. The summed E-state index contributed by atoms with van der Waals surface area (Å²) < 4.78 is 5.85. The van der Waals surface area contributed by atoms with E-state index in [1.165, 1.54) is 4.90 Å². The second-order valence-electron chi connectivity index (χ2n) is 6.58. The fraction of sp³-hybridized carbons (Fsp3) is 0. The van der Waals surface area contributed by atoms with E-state index in [0.717, 1.165) is 28.1 Å². The van der Waals surface area contributed by atoms with Gasteiger partial charge in [0.15, 0.2) is 0 Å². The zero-order chi connectivity index (χ0) is 19.8. The first-order valence-corrected chi connectivity index (χ1v) is 9.93. The fourth-order valence-electron chi connectivity index (χ4n) is 3.40. The highest BCUT2D eigenvalue weighted by Gasteiger charge is 2.37. The number of fused-ring (bicyclic) bond motifs is 1. The number of amides is 2. The SMILES string of the molecule is O=C1S/C(=C\c2ccc(-c3ccccc3)o2)C(=O)N1c1cccc2ccccc12. The van der Waals surface area contributed by atoms with Crippen LogP contribution >= 0.6 is 11.8 Å². The van der Waals surface area contributed by atoms with E-state index < -0.39 is 0 Å². The monoisotopic (exact) mass is 397 g/mol. The molecule has 0 N–H and O–H groups in total. The Morgan fingerprint density at radius 1 is 0.793 bits per heavy atom. The molecule has 0 atom stereocenters. The van der Waals surface area contributed by atoms with Crippen LogP contribution in [-0.2, 0) is 4.79 Å². The third-order valence-electron chi connectivity index (χ3n) is 4.76. The lowest BCUT2D eigenvalue weighted by Gasteiger charge is -2.15. The number of carbonyl (C=O) groups is 2. The highest BCUT2D eigenvalue weighted by atomic mass is 32.2. The number of hydrogen-bond donors (Lipinski definition) is 0. The standard InChI is InChI=1S/C24H15NO3S/c26-23-22(15-18-13-14-21(28-18)17-8-2-1-3-9-17)29-24(27)25(23)20-12-6-10-16-7-4-5-11-19(16)20/h1-15H/b22-15-. The predicted molar refractivity (Wildman–Crippen MR) is 117 cm³/mol. The number of carbonyl (C=O) groups excluding carboxylic acids is 2. The molecule has 5 rings (SSSR count). The van der Waals surface area contributed by atoms with Crippen molar-refractivity contribution in [1.29, 1.82) is 0 Å². The van der Waals surface area contributed by atoms with Crippen molar-refractivity contribution >= 4 is 45.4 Å². The van der Waals surface area contributed by atoms with Gasteiger partial charge in [0.2, 0.25) is 0 Å². The van der Waals surface area contributed by atoms with E-state index >= 15 is 0 Å². The Morgan fingerprint density at radius 2 is 1.55 bits per heavy atom. The minimum Gasteiger partial charge on any atom is -0.457 e. The van der Waals surface area contributed by atoms with Crippen LogP contribution in [0.4, 0.5) is 10.5 Å². The molecule has 1 aromatic heterocycles. The Hall–Kier alpha value is -3.57. The molecule has 2 heterocycles. The van der Waals surface area contributed by atoms with E-state index in [-0.39, 0.29) is 11.1 Å². The molecular formula is C24H15NO3S.